The second-order valence-corrected chi connectivity index (χ2v) is 17.9. The third-order valence-electron chi connectivity index (χ3n) is 12.0. The SMILES string of the molecule is CC/C=C\C/C=C\C/C=C\C/C=C\C/C=C\CCCCCC(=O)NC(COC1OC(CO)C(O)C(O)C1O)C(O)/C=C/CCCCCCCCCCCCCCCCCCCCCC. The number of carbonyl (C=O) groups excluding carboxylic acids is 1. The van der Waals surface area contributed by atoms with Crippen LogP contribution < -0.4 is 5.32 Å². The lowest BCUT2D eigenvalue weighted by Crippen LogP contribution is -2.60. The van der Waals surface area contributed by atoms with Gasteiger partial charge in [-0.05, 0) is 64.2 Å². The molecule has 9 nitrogen and oxygen atoms in total. The molecule has 370 valence electrons. The zero-order chi connectivity index (χ0) is 46.6. The van der Waals surface area contributed by atoms with Crippen LogP contribution in [0.4, 0.5) is 0 Å². The topological polar surface area (TPSA) is 149 Å². The van der Waals surface area contributed by atoms with Crippen molar-refractivity contribution in [3.63, 3.8) is 0 Å². The van der Waals surface area contributed by atoms with Crippen molar-refractivity contribution < 1.29 is 39.8 Å². The van der Waals surface area contributed by atoms with Gasteiger partial charge in [0.15, 0.2) is 6.29 Å². The maximum absolute atomic E-state index is 13.0. The summed E-state index contributed by atoms with van der Waals surface area (Å²) in [6, 6.07) is -0.827. The number of aliphatic hydroxyl groups is 5. The maximum Gasteiger partial charge on any atom is 0.220 e. The van der Waals surface area contributed by atoms with Crippen molar-refractivity contribution in [1.82, 2.24) is 5.32 Å². The number of amides is 1. The minimum Gasteiger partial charge on any atom is -0.394 e. The summed E-state index contributed by atoms with van der Waals surface area (Å²) in [6.07, 6.45) is 53.8. The number of aliphatic hydroxyl groups excluding tert-OH is 5. The summed E-state index contributed by atoms with van der Waals surface area (Å²) in [5, 5.41) is 54.4. The van der Waals surface area contributed by atoms with E-state index in [-0.39, 0.29) is 12.5 Å². The van der Waals surface area contributed by atoms with Crippen LogP contribution in [0.2, 0.25) is 0 Å². The molecule has 1 fully saturated rings. The van der Waals surface area contributed by atoms with E-state index in [1.165, 1.54) is 116 Å². The van der Waals surface area contributed by atoms with E-state index >= 15 is 0 Å². The second-order valence-electron chi connectivity index (χ2n) is 17.9. The fraction of sp³-hybridized carbons (Fsp3) is 0.764. The molecule has 0 aromatic rings. The minimum atomic E-state index is -1.58. The molecule has 1 heterocycles. The molecular weight excluding hydrogens is 803 g/mol. The molecule has 1 aliphatic rings. The molecule has 9 heteroatoms. The number of carbonyl (C=O) groups is 1. The van der Waals surface area contributed by atoms with Crippen molar-refractivity contribution in [2.75, 3.05) is 13.2 Å². The Labute approximate surface area is 391 Å². The molecule has 0 aromatic carbocycles. The van der Waals surface area contributed by atoms with E-state index in [4.69, 9.17) is 9.47 Å². The Hall–Kier alpha value is -2.37. The van der Waals surface area contributed by atoms with Crippen LogP contribution in [0.15, 0.2) is 72.9 Å². The smallest absolute Gasteiger partial charge is 0.220 e. The molecule has 6 N–H and O–H groups in total. The number of ether oxygens (including phenoxy) is 2. The summed E-state index contributed by atoms with van der Waals surface area (Å²) in [5.74, 6) is -0.209. The van der Waals surface area contributed by atoms with E-state index in [2.05, 4.69) is 79.9 Å². The molecule has 1 aliphatic heterocycles. The van der Waals surface area contributed by atoms with Gasteiger partial charge < -0.3 is 40.3 Å². The van der Waals surface area contributed by atoms with Crippen LogP contribution in [0.3, 0.4) is 0 Å². The van der Waals surface area contributed by atoms with E-state index in [1.807, 2.05) is 6.08 Å². The lowest BCUT2D eigenvalue weighted by molar-refractivity contribution is -0.302. The number of allylic oxidation sites excluding steroid dienone is 11. The van der Waals surface area contributed by atoms with Crippen LogP contribution in [0.1, 0.15) is 213 Å². The number of hydrogen-bond donors (Lipinski definition) is 6. The summed E-state index contributed by atoms with van der Waals surface area (Å²) in [7, 11) is 0. The van der Waals surface area contributed by atoms with Gasteiger partial charge in [-0.2, -0.15) is 0 Å². The van der Waals surface area contributed by atoms with Gasteiger partial charge in [-0.3, -0.25) is 4.79 Å². The van der Waals surface area contributed by atoms with Crippen LogP contribution in [0.5, 0.6) is 0 Å². The number of hydrogen-bond acceptors (Lipinski definition) is 8. The minimum absolute atomic E-state index is 0.205. The highest BCUT2D eigenvalue weighted by Gasteiger charge is 2.44. The first-order chi connectivity index (χ1) is 31.3. The third-order valence-corrected chi connectivity index (χ3v) is 12.0. The van der Waals surface area contributed by atoms with Crippen LogP contribution in [-0.4, -0.2) is 87.5 Å². The molecule has 7 unspecified atom stereocenters. The predicted octanol–water partition coefficient (Wildman–Crippen LogP) is 12.1. The van der Waals surface area contributed by atoms with E-state index in [0.717, 1.165) is 70.6 Å². The highest BCUT2D eigenvalue weighted by atomic mass is 16.7. The molecule has 0 bridgehead atoms. The predicted molar refractivity (Wildman–Crippen MR) is 267 cm³/mol. The highest BCUT2D eigenvalue weighted by molar-refractivity contribution is 5.76. The fourth-order valence-corrected chi connectivity index (χ4v) is 7.89. The molecule has 7 atom stereocenters. The number of unbranched alkanes of at least 4 members (excludes halogenated alkanes) is 23. The van der Waals surface area contributed by atoms with Crippen molar-refractivity contribution in [2.45, 2.75) is 256 Å². The molecule has 0 aliphatic carbocycles. The van der Waals surface area contributed by atoms with Gasteiger partial charge in [-0.25, -0.2) is 0 Å². The molecule has 1 amide bonds. The van der Waals surface area contributed by atoms with E-state index in [1.54, 1.807) is 6.08 Å². The first-order valence-corrected chi connectivity index (χ1v) is 26.2. The maximum atomic E-state index is 13.0. The Morgan fingerprint density at radius 2 is 0.969 bits per heavy atom. The van der Waals surface area contributed by atoms with Crippen molar-refractivity contribution in [2.24, 2.45) is 0 Å². The van der Waals surface area contributed by atoms with Gasteiger partial charge in [0.25, 0.3) is 0 Å². The van der Waals surface area contributed by atoms with Gasteiger partial charge in [0.2, 0.25) is 5.91 Å². The molecule has 0 radical (unpaired) electrons. The van der Waals surface area contributed by atoms with Crippen molar-refractivity contribution in [3.05, 3.63) is 72.9 Å². The molecular formula is C55H97NO8. The van der Waals surface area contributed by atoms with Gasteiger partial charge in [-0.1, -0.05) is 215 Å². The second kappa shape index (κ2) is 44.5. The molecule has 64 heavy (non-hydrogen) atoms. The van der Waals surface area contributed by atoms with Gasteiger partial charge in [0, 0.05) is 6.42 Å². The molecule has 1 rings (SSSR count). The third kappa shape index (κ3) is 34.0. The Morgan fingerprint density at radius 1 is 0.547 bits per heavy atom. The zero-order valence-electron chi connectivity index (χ0n) is 40.8. The highest BCUT2D eigenvalue weighted by Crippen LogP contribution is 2.23. The lowest BCUT2D eigenvalue weighted by atomic mass is 9.99. The molecule has 1 saturated heterocycles. The Kier molecular flexibility index (Phi) is 41.4. The Balaban J connectivity index is 2.32. The van der Waals surface area contributed by atoms with E-state index < -0.39 is 49.5 Å². The summed E-state index contributed by atoms with van der Waals surface area (Å²) < 4.78 is 11.2. The summed E-state index contributed by atoms with van der Waals surface area (Å²) in [5.41, 5.74) is 0. The van der Waals surface area contributed by atoms with E-state index in [9.17, 15) is 30.3 Å². The van der Waals surface area contributed by atoms with Crippen LogP contribution in [0, 0.1) is 0 Å². The van der Waals surface area contributed by atoms with Crippen LogP contribution in [-0.2, 0) is 14.3 Å². The summed E-state index contributed by atoms with van der Waals surface area (Å²) >= 11 is 0. The van der Waals surface area contributed by atoms with Gasteiger partial charge in [-0.15, -0.1) is 0 Å². The van der Waals surface area contributed by atoms with Gasteiger partial charge in [0.1, 0.15) is 24.4 Å². The average molecular weight is 900 g/mol. The zero-order valence-corrected chi connectivity index (χ0v) is 40.8. The first-order valence-electron chi connectivity index (χ1n) is 26.2. The molecule has 0 spiro atoms. The van der Waals surface area contributed by atoms with Crippen LogP contribution in [0.25, 0.3) is 0 Å². The quantitative estimate of drug-likeness (QED) is 0.0262. The molecule has 0 saturated carbocycles. The van der Waals surface area contributed by atoms with E-state index in [0.29, 0.717) is 12.8 Å². The average Bonchev–Trinajstić information content (AvgIpc) is 3.29. The monoisotopic (exact) mass is 900 g/mol. The fourth-order valence-electron chi connectivity index (χ4n) is 7.89. The number of nitrogens with one attached hydrogen (secondary N) is 1. The van der Waals surface area contributed by atoms with Crippen LogP contribution >= 0.6 is 0 Å². The Bertz CT molecular complexity index is 1230. The van der Waals surface area contributed by atoms with Crippen molar-refractivity contribution in [1.29, 1.82) is 0 Å². The number of rotatable bonds is 43. The summed E-state index contributed by atoms with van der Waals surface area (Å²) in [6.45, 7) is 3.65. The summed E-state index contributed by atoms with van der Waals surface area (Å²) in [4.78, 5) is 13.0. The van der Waals surface area contributed by atoms with Gasteiger partial charge in [0.05, 0.1) is 25.4 Å². The van der Waals surface area contributed by atoms with Crippen molar-refractivity contribution >= 4 is 5.91 Å². The largest absolute Gasteiger partial charge is 0.394 e. The lowest BCUT2D eigenvalue weighted by Gasteiger charge is -2.40. The first kappa shape index (κ1) is 59.6. The Morgan fingerprint density at radius 3 is 1.44 bits per heavy atom. The standard InChI is InChI=1S/C55H97NO8/c1-3-5-7-9-11-13-15-17-19-21-23-24-25-27-28-30-32-34-36-38-40-42-44-49(58)48(47-63-55-54(62)53(61)52(60)50(46-57)64-55)56-51(59)45-43-41-39-37-35-33-31-29-26-22-20-18-16-14-12-10-8-6-4-2/h6,8,12,14,18,20,26,29,33,35,42,44,48-50,52-55,57-58,60-62H,3-5,7,9-11,13,15-17,19,21-25,27-28,30-32,34,36-41,43,45-47H2,1-2H3,(H,56,59)/b8-6-,14-12-,20-18-,29-26-,35-33-,44-42+. The molecule has 0 aromatic heterocycles. The van der Waals surface area contributed by atoms with Gasteiger partial charge >= 0.3 is 0 Å². The van der Waals surface area contributed by atoms with Crippen molar-refractivity contribution in [3.8, 4) is 0 Å². The normalized spacial score (nSPS) is 20.6.